The van der Waals surface area contributed by atoms with Crippen LogP contribution in [0.5, 0.6) is 0 Å². The molecule has 0 fully saturated rings. The fourth-order valence-electron chi connectivity index (χ4n) is 5.52. The number of carbonyl (C=O) groups is 3. The van der Waals surface area contributed by atoms with Gasteiger partial charge in [0, 0.05) is 5.41 Å². The number of ether oxygens (including phenoxy) is 2. The number of aromatic nitrogens is 2. The second-order valence-corrected chi connectivity index (χ2v) is 11.4. The van der Waals surface area contributed by atoms with Gasteiger partial charge in [-0.25, -0.2) is 14.6 Å². The normalized spacial score (nSPS) is 17.1. The number of amides is 1. The third-order valence-corrected chi connectivity index (χ3v) is 7.84. The number of hydrogen-bond acceptors (Lipinski definition) is 7. The van der Waals surface area contributed by atoms with E-state index in [2.05, 4.69) is 4.98 Å². The van der Waals surface area contributed by atoms with Crippen LogP contribution in [-0.4, -0.2) is 32.7 Å². The molecule has 4 aromatic rings. The lowest BCUT2D eigenvalue weighted by Gasteiger charge is -2.24. The number of carbonyl (C=O) groups excluding carboxylic acids is 2. The fourth-order valence-corrected chi connectivity index (χ4v) is 5.52. The number of carboxylic acid groups (broad SMARTS) is 1. The number of alkyl halides is 3. The van der Waals surface area contributed by atoms with Crippen LogP contribution in [0.1, 0.15) is 53.9 Å². The molecule has 0 aliphatic carbocycles. The molecule has 1 aliphatic rings. The van der Waals surface area contributed by atoms with Crippen molar-refractivity contribution in [3.63, 3.8) is 0 Å². The number of rotatable bonds is 10. The molecule has 2 atom stereocenters. The Kier molecular flexibility index (Phi) is 9.45. The molecule has 10 nitrogen and oxygen atoms in total. The van der Waals surface area contributed by atoms with Gasteiger partial charge in [-0.05, 0) is 35.2 Å². The second-order valence-electron chi connectivity index (χ2n) is 11.4. The molecule has 2 heterocycles. The van der Waals surface area contributed by atoms with E-state index in [4.69, 9.17) is 9.47 Å². The Bertz CT molecular complexity index is 1830. The van der Waals surface area contributed by atoms with E-state index >= 15 is 0 Å². The monoisotopic (exact) mass is 649 g/mol. The topological polar surface area (TPSA) is 128 Å². The van der Waals surface area contributed by atoms with Crippen LogP contribution < -0.4 is 10.5 Å². The highest BCUT2D eigenvalue weighted by atomic mass is 19.4. The van der Waals surface area contributed by atoms with Crippen molar-refractivity contribution in [2.75, 3.05) is 4.90 Å². The van der Waals surface area contributed by atoms with Gasteiger partial charge in [-0.3, -0.25) is 19.1 Å². The minimum atomic E-state index is -4.66. The molecule has 0 radical (unpaired) electrons. The Morgan fingerprint density at radius 1 is 0.936 bits per heavy atom. The van der Waals surface area contributed by atoms with Crippen LogP contribution in [0.4, 0.5) is 23.7 Å². The van der Waals surface area contributed by atoms with E-state index in [0.717, 1.165) is 33.4 Å². The van der Waals surface area contributed by atoms with E-state index in [9.17, 15) is 37.5 Å². The SMILES string of the molecule is C[C@@]1(CC(=O)OCc2ccccc2)C[C@@H](C(=O)O)n2c1ncc(N(Cc1cccc(C(F)(F)F)c1)C(=O)OCc1ccccc1)c2=O. The van der Waals surface area contributed by atoms with Gasteiger partial charge in [-0.2, -0.15) is 13.2 Å². The van der Waals surface area contributed by atoms with Crippen LogP contribution in [0.15, 0.2) is 95.9 Å². The van der Waals surface area contributed by atoms with Gasteiger partial charge < -0.3 is 14.6 Å². The molecule has 13 heteroatoms. The van der Waals surface area contributed by atoms with Crippen LogP contribution in [0.3, 0.4) is 0 Å². The average Bonchev–Trinajstić information content (AvgIpc) is 3.35. The summed E-state index contributed by atoms with van der Waals surface area (Å²) in [5.41, 5.74) is -2.14. The van der Waals surface area contributed by atoms with Crippen molar-refractivity contribution >= 4 is 23.7 Å². The Balaban J connectivity index is 1.48. The van der Waals surface area contributed by atoms with E-state index in [1.54, 1.807) is 61.5 Å². The zero-order valence-electron chi connectivity index (χ0n) is 25.1. The molecule has 0 bridgehead atoms. The third-order valence-electron chi connectivity index (χ3n) is 7.84. The third kappa shape index (κ3) is 7.51. The summed E-state index contributed by atoms with van der Waals surface area (Å²) in [6, 6.07) is 20.3. The predicted octanol–water partition coefficient (Wildman–Crippen LogP) is 6.03. The smallest absolute Gasteiger partial charge is 0.416 e. The summed E-state index contributed by atoms with van der Waals surface area (Å²) in [4.78, 5) is 57.9. The summed E-state index contributed by atoms with van der Waals surface area (Å²) in [5.74, 6) is -2.01. The Labute approximate surface area is 267 Å². The summed E-state index contributed by atoms with van der Waals surface area (Å²) >= 11 is 0. The van der Waals surface area contributed by atoms with Gasteiger partial charge >= 0.3 is 24.2 Å². The molecule has 244 valence electrons. The van der Waals surface area contributed by atoms with Crippen molar-refractivity contribution in [3.05, 3.63) is 130 Å². The number of esters is 1. The maximum absolute atomic E-state index is 14.0. The lowest BCUT2D eigenvalue weighted by molar-refractivity contribution is -0.147. The quantitative estimate of drug-likeness (QED) is 0.207. The number of benzene rings is 3. The summed E-state index contributed by atoms with van der Waals surface area (Å²) in [6.45, 7) is 0.854. The molecule has 0 saturated carbocycles. The highest BCUT2D eigenvalue weighted by molar-refractivity contribution is 5.87. The zero-order valence-corrected chi connectivity index (χ0v) is 25.1. The van der Waals surface area contributed by atoms with Gasteiger partial charge in [-0.1, -0.05) is 79.7 Å². The molecule has 1 aliphatic heterocycles. The first-order valence-corrected chi connectivity index (χ1v) is 14.5. The van der Waals surface area contributed by atoms with E-state index in [1.165, 1.54) is 12.1 Å². The van der Waals surface area contributed by atoms with E-state index in [1.807, 2.05) is 6.07 Å². The van der Waals surface area contributed by atoms with Crippen molar-refractivity contribution < 1.29 is 42.1 Å². The summed E-state index contributed by atoms with van der Waals surface area (Å²) < 4.78 is 52.1. The molecule has 1 aromatic heterocycles. The molecule has 0 saturated heterocycles. The maximum Gasteiger partial charge on any atom is 0.416 e. The molecule has 3 aromatic carbocycles. The van der Waals surface area contributed by atoms with E-state index in [-0.39, 0.29) is 37.4 Å². The number of nitrogens with zero attached hydrogens (tertiary/aromatic N) is 3. The van der Waals surface area contributed by atoms with E-state index in [0.29, 0.717) is 5.56 Å². The van der Waals surface area contributed by atoms with Crippen molar-refractivity contribution in [1.29, 1.82) is 0 Å². The first-order valence-electron chi connectivity index (χ1n) is 14.5. The molecule has 47 heavy (non-hydrogen) atoms. The minimum absolute atomic E-state index is 0.00707. The zero-order chi connectivity index (χ0) is 33.8. The van der Waals surface area contributed by atoms with Crippen LogP contribution >= 0.6 is 0 Å². The number of halogens is 3. The fraction of sp³-hybridized carbons (Fsp3) is 0.265. The number of fused-ring (bicyclic) bond motifs is 1. The van der Waals surface area contributed by atoms with Crippen LogP contribution in [0.2, 0.25) is 0 Å². The van der Waals surface area contributed by atoms with Crippen molar-refractivity contribution in [2.24, 2.45) is 0 Å². The molecule has 5 rings (SSSR count). The van der Waals surface area contributed by atoms with Gasteiger partial charge in [0.2, 0.25) is 0 Å². The summed E-state index contributed by atoms with van der Waals surface area (Å²) in [6.07, 6.45) is -5.15. The first-order chi connectivity index (χ1) is 22.4. The number of carboxylic acids is 1. The molecular formula is C34H30F3N3O7. The summed E-state index contributed by atoms with van der Waals surface area (Å²) in [7, 11) is 0. The molecule has 0 unspecified atom stereocenters. The molecule has 1 amide bonds. The lowest BCUT2D eigenvalue weighted by Crippen LogP contribution is -2.39. The highest BCUT2D eigenvalue weighted by Crippen LogP contribution is 2.42. The molecule has 0 spiro atoms. The largest absolute Gasteiger partial charge is 0.480 e. The standard InChI is InChI=1S/C34H30F3N3O7/c1-33(17-28(41)46-20-22-9-4-2-5-10-22)16-26(30(43)44)40-29(42)27(18-38-31(33)40)39(32(45)47-21-23-11-6-3-7-12-23)19-24-13-8-14-25(15-24)34(35,36)37/h2-15,18,26H,16-17,19-21H2,1H3,(H,43,44)/t26-,33-/m0/s1. The first kappa shape index (κ1) is 32.9. The molecular weight excluding hydrogens is 619 g/mol. The number of anilines is 1. The van der Waals surface area contributed by atoms with Crippen LogP contribution in [-0.2, 0) is 50.4 Å². The Hall–Kier alpha value is -5.46. The molecule has 1 N–H and O–H groups in total. The number of hydrogen-bond donors (Lipinski definition) is 1. The van der Waals surface area contributed by atoms with Gasteiger partial charge in [0.1, 0.15) is 30.8 Å². The van der Waals surface area contributed by atoms with Crippen molar-refractivity contribution in [1.82, 2.24) is 9.55 Å². The van der Waals surface area contributed by atoms with Gasteiger partial charge in [-0.15, -0.1) is 0 Å². The summed E-state index contributed by atoms with van der Waals surface area (Å²) in [5, 5.41) is 10.1. The Morgan fingerprint density at radius 2 is 1.53 bits per heavy atom. The maximum atomic E-state index is 14.0. The Morgan fingerprint density at radius 3 is 2.13 bits per heavy atom. The predicted molar refractivity (Wildman–Crippen MR) is 162 cm³/mol. The average molecular weight is 650 g/mol. The minimum Gasteiger partial charge on any atom is -0.480 e. The van der Waals surface area contributed by atoms with Gasteiger partial charge in [0.05, 0.1) is 24.7 Å². The van der Waals surface area contributed by atoms with Crippen LogP contribution in [0.25, 0.3) is 0 Å². The van der Waals surface area contributed by atoms with Crippen molar-refractivity contribution in [2.45, 2.75) is 57.2 Å². The van der Waals surface area contributed by atoms with Crippen LogP contribution in [0, 0.1) is 0 Å². The second kappa shape index (κ2) is 13.5. The van der Waals surface area contributed by atoms with E-state index < -0.39 is 59.0 Å². The highest BCUT2D eigenvalue weighted by Gasteiger charge is 2.48. The lowest BCUT2D eigenvalue weighted by atomic mass is 9.83. The number of aliphatic carboxylic acids is 1. The van der Waals surface area contributed by atoms with Gasteiger partial charge in [0.15, 0.2) is 0 Å². The van der Waals surface area contributed by atoms with Gasteiger partial charge in [0.25, 0.3) is 5.56 Å². The van der Waals surface area contributed by atoms with Crippen molar-refractivity contribution in [3.8, 4) is 0 Å².